The fraction of sp³-hybridized carbons (Fsp3) is 0.125. The van der Waals surface area contributed by atoms with Crippen LogP contribution in [0.1, 0.15) is 22.2 Å². The van der Waals surface area contributed by atoms with Crippen molar-refractivity contribution < 1.29 is 4.52 Å². The van der Waals surface area contributed by atoms with E-state index < -0.39 is 0 Å². The molecule has 0 fully saturated rings. The fourth-order valence-corrected chi connectivity index (χ4v) is 3.93. The van der Waals surface area contributed by atoms with E-state index in [1.165, 1.54) is 23.7 Å². The van der Waals surface area contributed by atoms with Crippen LogP contribution in [0.4, 0.5) is 0 Å². The molecule has 24 heavy (non-hydrogen) atoms. The van der Waals surface area contributed by atoms with Crippen LogP contribution in [0.5, 0.6) is 0 Å². The highest BCUT2D eigenvalue weighted by molar-refractivity contribution is 7.99. The maximum Gasteiger partial charge on any atom is 0.213 e. The number of H-pyrrole nitrogens is 1. The number of aromatic amines is 1. The average Bonchev–Trinajstić information content (AvgIpc) is 3.33. The highest BCUT2D eigenvalue weighted by Crippen LogP contribution is 2.38. The minimum atomic E-state index is -0.129. The molecule has 1 aromatic carbocycles. The topological polar surface area (TPSA) is 80.5 Å². The summed E-state index contributed by atoms with van der Waals surface area (Å²) in [4.78, 5) is 9.84. The Hall–Kier alpha value is -2.45. The zero-order valence-electron chi connectivity index (χ0n) is 12.7. The summed E-state index contributed by atoms with van der Waals surface area (Å²) in [7, 11) is 0. The van der Waals surface area contributed by atoms with Crippen molar-refractivity contribution in [1.29, 1.82) is 0 Å². The first-order valence-corrected chi connectivity index (χ1v) is 9.01. The van der Waals surface area contributed by atoms with Gasteiger partial charge in [-0.3, -0.25) is 5.10 Å². The third kappa shape index (κ3) is 3.10. The highest BCUT2D eigenvalue weighted by atomic mass is 32.2. The number of aromatic nitrogens is 5. The first kappa shape index (κ1) is 15.1. The molecule has 4 aromatic rings. The number of rotatable bonds is 5. The predicted octanol–water partition coefficient (Wildman–Crippen LogP) is 4.11. The van der Waals surface area contributed by atoms with Gasteiger partial charge in [-0.25, -0.2) is 4.98 Å². The summed E-state index contributed by atoms with van der Waals surface area (Å²) in [6.45, 7) is 2.06. The summed E-state index contributed by atoms with van der Waals surface area (Å²) in [5.74, 6) is 1.37. The number of benzene rings is 1. The van der Waals surface area contributed by atoms with E-state index in [0.29, 0.717) is 11.0 Å². The van der Waals surface area contributed by atoms with Crippen molar-refractivity contribution in [2.75, 3.05) is 0 Å². The molecule has 3 heterocycles. The Kier molecular flexibility index (Phi) is 4.14. The van der Waals surface area contributed by atoms with E-state index in [0.717, 1.165) is 16.3 Å². The van der Waals surface area contributed by atoms with Gasteiger partial charge in [-0.15, -0.1) is 16.4 Å². The van der Waals surface area contributed by atoms with Crippen LogP contribution in [0, 0.1) is 6.92 Å². The quantitative estimate of drug-likeness (QED) is 0.543. The number of nitrogens with one attached hydrogen (secondary N) is 1. The Bertz CT molecular complexity index is 918. The van der Waals surface area contributed by atoms with Crippen molar-refractivity contribution >= 4 is 23.1 Å². The maximum atomic E-state index is 4.93. The summed E-state index contributed by atoms with van der Waals surface area (Å²) >= 11 is 3.11. The summed E-state index contributed by atoms with van der Waals surface area (Å²) in [5.41, 5.74) is 2.26. The molecule has 0 saturated heterocycles. The van der Waals surface area contributed by atoms with Gasteiger partial charge in [0.2, 0.25) is 11.6 Å². The Morgan fingerprint density at radius 2 is 2.21 bits per heavy atom. The van der Waals surface area contributed by atoms with Gasteiger partial charge in [-0.2, -0.15) is 4.98 Å². The van der Waals surface area contributed by atoms with E-state index in [-0.39, 0.29) is 5.25 Å². The van der Waals surface area contributed by atoms with Crippen LogP contribution in [-0.2, 0) is 0 Å². The molecule has 4 rings (SSSR count). The monoisotopic (exact) mass is 355 g/mol. The van der Waals surface area contributed by atoms with Crippen LogP contribution in [0.3, 0.4) is 0 Å². The van der Waals surface area contributed by atoms with E-state index in [1.54, 1.807) is 11.3 Å². The third-order valence-electron chi connectivity index (χ3n) is 3.40. The van der Waals surface area contributed by atoms with Gasteiger partial charge < -0.3 is 4.52 Å². The standard InChI is InChI=1S/C16H13N5OS2/c1-10-4-2-5-11(8-10)13(15-17-9-22-21-15)24-16-18-14(19-20-16)12-6-3-7-23-12/h2-9,13H,1H3,(H,18,19,20). The molecule has 1 unspecified atom stereocenters. The Balaban J connectivity index is 1.65. The second kappa shape index (κ2) is 6.58. The van der Waals surface area contributed by atoms with Gasteiger partial charge in [0.05, 0.1) is 4.88 Å². The summed E-state index contributed by atoms with van der Waals surface area (Å²) in [5, 5.41) is 13.8. The molecule has 0 saturated carbocycles. The lowest BCUT2D eigenvalue weighted by Crippen LogP contribution is -2.00. The number of thiophene rings is 1. The zero-order chi connectivity index (χ0) is 16.4. The van der Waals surface area contributed by atoms with Crippen LogP contribution in [0.2, 0.25) is 0 Å². The maximum absolute atomic E-state index is 4.93. The van der Waals surface area contributed by atoms with Crippen molar-refractivity contribution in [1.82, 2.24) is 25.3 Å². The van der Waals surface area contributed by atoms with Crippen LogP contribution in [0.15, 0.2) is 57.9 Å². The summed E-state index contributed by atoms with van der Waals surface area (Å²) < 4.78 is 4.93. The first-order valence-electron chi connectivity index (χ1n) is 7.25. The minimum Gasteiger partial charge on any atom is -0.343 e. The minimum absolute atomic E-state index is 0.129. The van der Waals surface area contributed by atoms with E-state index in [1.807, 2.05) is 29.6 Å². The van der Waals surface area contributed by atoms with Crippen molar-refractivity contribution in [2.24, 2.45) is 0 Å². The number of thioether (sulfide) groups is 1. The van der Waals surface area contributed by atoms with Crippen molar-refractivity contribution in [2.45, 2.75) is 17.3 Å². The molecule has 0 aliphatic carbocycles. The van der Waals surface area contributed by atoms with E-state index in [4.69, 9.17) is 4.52 Å². The molecular weight excluding hydrogens is 342 g/mol. The largest absolute Gasteiger partial charge is 0.343 e. The van der Waals surface area contributed by atoms with Gasteiger partial charge in [0, 0.05) is 0 Å². The molecule has 6 nitrogen and oxygen atoms in total. The smallest absolute Gasteiger partial charge is 0.213 e. The van der Waals surface area contributed by atoms with Crippen LogP contribution in [0.25, 0.3) is 10.7 Å². The van der Waals surface area contributed by atoms with Crippen LogP contribution < -0.4 is 0 Å². The number of aryl methyl sites for hydroxylation is 1. The molecule has 0 amide bonds. The normalized spacial score (nSPS) is 12.4. The van der Waals surface area contributed by atoms with E-state index >= 15 is 0 Å². The van der Waals surface area contributed by atoms with Crippen molar-refractivity contribution in [3.8, 4) is 10.7 Å². The van der Waals surface area contributed by atoms with Crippen LogP contribution >= 0.6 is 23.1 Å². The van der Waals surface area contributed by atoms with Gasteiger partial charge in [0.25, 0.3) is 0 Å². The zero-order valence-corrected chi connectivity index (χ0v) is 14.3. The molecule has 120 valence electrons. The van der Waals surface area contributed by atoms with Crippen LogP contribution in [-0.4, -0.2) is 25.3 Å². The van der Waals surface area contributed by atoms with Crippen molar-refractivity contribution in [3.05, 3.63) is 65.1 Å². The molecular formula is C16H13N5OS2. The molecule has 1 atom stereocenters. The predicted molar refractivity (Wildman–Crippen MR) is 92.9 cm³/mol. The number of hydrogen-bond donors (Lipinski definition) is 1. The summed E-state index contributed by atoms with van der Waals surface area (Å²) in [6, 6.07) is 12.2. The Morgan fingerprint density at radius 3 is 2.96 bits per heavy atom. The van der Waals surface area contributed by atoms with Gasteiger partial charge in [0.15, 0.2) is 11.6 Å². The molecule has 0 spiro atoms. The lowest BCUT2D eigenvalue weighted by molar-refractivity contribution is 0.411. The summed E-state index contributed by atoms with van der Waals surface area (Å²) in [6.07, 6.45) is 1.34. The molecule has 8 heteroatoms. The lowest BCUT2D eigenvalue weighted by atomic mass is 10.1. The molecule has 1 N–H and O–H groups in total. The molecule has 0 bridgehead atoms. The lowest BCUT2D eigenvalue weighted by Gasteiger charge is -2.11. The second-order valence-electron chi connectivity index (χ2n) is 5.15. The Labute approximate surface area is 146 Å². The van der Waals surface area contributed by atoms with Gasteiger partial charge in [-0.05, 0) is 23.9 Å². The molecule has 0 aliphatic rings. The molecule has 0 aliphatic heterocycles. The molecule has 3 aromatic heterocycles. The molecule has 0 radical (unpaired) electrons. The second-order valence-corrected chi connectivity index (χ2v) is 7.17. The number of hydrogen-bond acceptors (Lipinski definition) is 7. The van der Waals surface area contributed by atoms with Gasteiger partial charge in [0.1, 0.15) is 5.25 Å². The van der Waals surface area contributed by atoms with E-state index in [9.17, 15) is 0 Å². The Morgan fingerprint density at radius 1 is 1.25 bits per heavy atom. The highest BCUT2D eigenvalue weighted by Gasteiger charge is 2.22. The van der Waals surface area contributed by atoms with Crippen molar-refractivity contribution in [3.63, 3.8) is 0 Å². The van der Waals surface area contributed by atoms with Gasteiger partial charge >= 0.3 is 0 Å². The van der Waals surface area contributed by atoms with Gasteiger partial charge in [-0.1, -0.05) is 52.8 Å². The third-order valence-corrected chi connectivity index (χ3v) is 5.39. The number of nitrogens with zero attached hydrogens (tertiary/aromatic N) is 4. The average molecular weight is 355 g/mol. The SMILES string of the molecule is Cc1cccc(C(Sc2n[nH]c(-c3cccs3)n2)c2ncon2)c1. The van der Waals surface area contributed by atoms with E-state index in [2.05, 4.69) is 44.4 Å². The first-order chi connectivity index (χ1) is 11.8. The fourth-order valence-electron chi connectivity index (χ4n) is 2.33.